The van der Waals surface area contributed by atoms with Gasteiger partial charge in [-0.15, -0.1) is 0 Å². The van der Waals surface area contributed by atoms with Gasteiger partial charge < -0.3 is 20.3 Å². The van der Waals surface area contributed by atoms with Crippen LogP contribution in [0.25, 0.3) is 0 Å². The summed E-state index contributed by atoms with van der Waals surface area (Å²) in [5, 5.41) is 0. The lowest BCUT2D eigenvalue weighted by Gasteiger charge is -2.55. The summed E-state index contributed by atoms with van der Waals surface area (Å²) in [6.07, 6.45) is 5.35. The second-order valence-corrected chi connectivity index (χ2v) is 6.57. The molecule has 0 radical (unpaired) electrons. The molecule has 0 aromatic heterocycles. The highest BCUT2D eigenvalue weighted by atomic mass is 16.5. The van der Waals surface area contributed by atoms with Crippen LogP contribution in [0.1, 0.15) is 25.7 Å². The molecule has 0 amide bonds. The van der Waals surface area contributed by atoms with Crippen molar-refractivity contribution in [3.63, 3.8) is 0 Å². The van der Waals surface area contributed by atoms with Gasteiger partial charge in [-0.1, -0.05) is 0 Å². The van der Waals surface area contributed by atoms with Gasteiger partial charge >= 0.3 is 0 Å². The van der Waals surface area contributed by atoms with E-state index in [4.69, 9.17) is 10.5 Å². The molecule has 5 rings (SSSR count). The number of nitrogens with two attached hydrogens (primary N) is 1. The van der Waals surface area contributed by atoms with Gasteiger partial charge in [-0.3, -0.25) is 4.99 Å². The molecule has 1 spiro atoms. The summed E-state index contributed by atoms with van der Waals surface area (Å²) in [5.41, 5.74) is 6.38. The molecule has 5 heterocycles. The molecule has 5 aliphatic heterocycles. The first kappa shape index (κ1) is 12.0. The average Bonchev–Trinajstić information content (AvgIpc) is 3.05. The van der Waals surface area contributed by atoms with Crippen molar-refractivity contribution in [1.82, 2.24) is 9.80 Å². The molecule has 0 aromatic carbocycles. The first-order valence-electron chi connectivity index (χ1n) is 7.69. The Hall–Kier alpha value is -0.810. The van der Waals surface area contributed by atoms with Crippen LogP contribution in [0.2, 0.25) is 0 Å². The van der Waals surface area contributed by atoms with Crippen molar-refractivity contribution >= 4 is 5.96 Å². The first-order valence-corrected chi connectivity index (χ1v) is 7.69. The predicted octanol–water partition coefficient (Wildman–Crippen LogP) is 0.260. The van der Waals surface area contributed by atoms with Crippen LogP contribution in [-0.2, 0) is 4.74 Å². The van der Waals surface area contributed by atoms with Crippen LogP contribution in [0, 0.1) is 5.92 Å². The number of aliphatic imine (C=N–C) groups is 1. The van der Waals surface area contributed by atoms with Crippen molar-refractivity contribution in [3.8, 4) is 0 Å². The van der Waals surface area contributed by atoms with E-state index in [1.165, 1.54) is 38.8 Å². The van der Waals surface area contributed by atoms with E-state index in [1.54, 1.807) is 0 Å². The van der Waals surface area contributed by atoms with Crippen LogP contribution >= 0.6 is 0 Å². The van der Waals surface area contributed by atoms with Crippen molar-refractivity contribution in [1.29, 1.82) is 0 Å². The van der Waals surface area contributed by atoms with Gasteiger partial charge in [-0.05, 0) is 44.7 Å². The zero-order valence-corrected chi connectivity index (χ0v) is 11.6. The highest BCUT2D eigenvalue weighted by Crippen LogP contribution is 2.42. The summed E-state index contributed by atoms with van der Waals surface area (Å²) in [6, 6.07) is 0. The molecule has 4 saturated heterocycles. The maximum absolute atomic E-state index is 6.20. The Morgan fingerprint density at radius 3 is 2.79 bits per heavy atom. The molecular formula is C14H24N4O. The van der Waals surface area contributed by atoms with Gasteiger partial charge in [0.2, 0.25) is 0 Å². The van der Waals surface area contributed by atoms with Gasteiger partial charge in [0.15, 0.2) is 5.96 Å². The Balaban J connectivity index is 1.57. The largest absolute Gasteiger partial charge is 0.376 e. The Bertz CT molecular complexity index is 385. The topological polar surface area (TPSA) is 54.1 Å². The Morgan fingerprint density at radius 1 is 1.32 bits per heavy atom. The lowest BCUT2D eigenvalue weighted by Crippen LogP contribution is -2.68. The van der Waals surface area contributed by atoms with Crippen molar-refractivity contribution in [3.05, 3.63) is 0 Å². The molecule has 5 aliphatic rings. The molecule has 2 N–H and O–H groups in total. The lowest BCUT2D eigenvalue weighted by atomic mass is 9.72. The monoisotopic (exact) mass is 264 g/mol. The van der Waals surface area contributed by atoms with Gasteiger partial charge in [-0.25, -0.2) is 0 Å². The normalized spacial score (nSPS) is 45.2. The summed E-state index contributed by atoms with van der Waals surface area (Å²) in [6.45, 7) is 6.43. The minimum absolute atomic E-state index is 0.187. The van der Waals surface area contributed by atoms with E-state index in [9.17, 15) is 0 Å². The van der Waals surface area contributed by atoms with E-state index in [0.717, 1.165) is 38.1 Å². The number of hydrogen-bond donors (Lipinski definition) is 1. The van der Waals surface area contributed by atoms with E-state index in [2.05, 4.69) is 14.8 Å². The quantitative estimate of drug-likeness (QED) is 0.777. The highest BCUT2D eigenvalue weighted by Gasteiger charge is 2.53. The van der Waals surface area contributed by atoms with Crippen LogP contribution in [0.15, 0.2) is 4.99 Å². The zero-order chi connectivity index (χ0) is 12.9. The number of hydrogen-bond acceptors (Lipinski definition) is 5. The Kier molecular flexibility index (Phi) is 2.74. The predicted molar refractivity (Wildman–Crippen MR) is 74.1 cm³/mol. The molecule has 0 aliphatic carbocycles. The molecule has 2 bridgehead atoms. The summed E-state index contributed by atoms with van der Waals surface area (Å²) in [4.78, 5) is 9.59. The third-order valence-electron chi connectivity index (χ3n) is 5.58. The van der Waals surface area contributed by atoms with Crippen molar-refractivity contribution in [2.45, 2.75) is 37.3 Å². The maximum atomic E-state index is 6.20. The third-order valence-corrected chi connectivity index (χ3v) is 5.58. The van der Waals surface area contributed by atoms with Gasteiger partial charge in [-0.2, -0.15) is 0 Å². The summed E-state index contributed by atoms with van der Waals surface area (Å²) in [5.74, 6) is 1.52. The van der Waals surface area contributed by atoms with E-state index in [0.29, 0.717) is 6.10 Å². The van der Waals surface area contributed by atoms with Crippen molar-refractivity contribution in [2.75, 3.05) is 39.3 Å². The van der Waals surface area contributed by atoms with Gasteiger partial charge in [0.25, 0.3) is 0 Å². The second-order valence-electron chi connectivity index (χ2n) is 6.57. The molecular weight excluding hydrogens is 240 g/mol. The van der Waals surface area contributed by atoms with Gasteiger partial charge in [0, 0.05) is 19.7 Å². The molecule has 0 saturated carbocycles. The molecule has 19 heavy (non-hydrogen) atoms. The van der Waals surface area contributed by atoms with Crippen LogP contribution in [0.5, 0.6) is 0 Å². The number of fused-ring (bicyclic) bond motifs is 2. The first-order chi connectivity index (χ1) is 9.28. The molecule has 4 fully saturated rings. The standard InChI is InChI=1S/C14H24N4O/c15-13-16-9-14(10-17-5-3-11(14)4-6-17)18(13)8-12-2-1-7-19-12/h11-12H,1-10H2,(H2,15,16). The number of rotatable bonds is 2. The average molecular weight is 264 g/mol. The van der Waals surface area contributed by atoms with Crippen LogP contribution in [-0.4, -0.2) is 66.7 Å². The summed E-state index contributed by atoms with van der Waals surface area (Å²) >= 11 is 0. The highest BCUT2D eigenvalue weighted by molar-refractivity contribution is 5.81. The fraction of sp³-hybridized carbons (Fsp3) is 0.929. The van der Waals surface area contributed by atoms with E-state index < -0.39 is 0 Å². The molecule has 5 heteroatoms. The molecule has 2 unspecified atom stereocenters. The Labute approximate surface area is 114 Å². The van der Waals surface area contributed by atoms with Crippen LogP contribution in [0.3, 0.4) is 0 Å². The summed E-state index contributed by atoms with van der Waals surface area (Å²) in [7, 11) is 0. The number of guanidine groups is 1. The zero-order valence-electron chi connectivity index (χ0n) is 11.6. The van der Waals surface area contributed by atoms with Crippen molar-refractivity contribution in [2.24, 2.45) is 16.6 Å². The van der Waals surface area contributed by atoms with E-state index in [-0.39, 0.29) is 5.54 Å². The summed E-state index contributed by atoms with van der Waals surface area (Å²) < 4.78 is 5.81. The smallest absolute Gasteiger partial charge is 0.192 e. The minimum Gasteiger partial charge on any atom is -0.376 e. The van der Waals surface area contributed by atoms with Crippen molar-refractivity contribution < 1.29 is 4.74 Å². The van der Waals surface area contributed by atoms with Gasteiger partial charge in [0.1, 0.15) is 0 Å². The molecule has 0 aromatic rings. The maximum Gasteiger partial charge on any atom is 0.192 e. The molecule has 2 atom stereocenters. The molecule has 106 valence electrons. The number of nitrogens with zero attached hydrogens (tertiary/aromatic N) is 3. The number of piperidine rings is 3. The van der Waals surface area contributed by atoms with Gasteiger partial charge in [0.05, 0.1) is 18.2 Å². The fourth-order valence-corrected chi connectivity index (χ4v) is 4.51. The third kappa shape index (κ3) is 1.78. The van der Waals surface area contributed by atoms with E-state index >= 15 is 0 Å². The van der Waals surface area contributed by atoms with E-state index in [1.807, 2.05) is 0 Å². The fourth-order valence-electron chi connectivity index (χ4n) is 4.51. The SMILES string of the molecule is NC1=NCC2(CN3CCC2CC3)N1CC1CCCO1. The van der Waals surface area contributed by atoms with Crippen LogP contribution in [0.4, 0.5) is 0 Å². The van der Waals surface area contributed by atoms with Crippen LogP contribution < -0.4 is 5.73 Å². The second kappa shape index (κ2) is 4.35. The number of ether oxygens (including phenoxy) is 1. The lowest BCUT2D eigenvalue weighted by molar-refractivity contribution is -0.0427. The molecule has 5 nitrogen and oxygen atoms in total. The Morgan fingerprint density at radius 2 is 2.16 bits per heavy atom. The minimum atomic E-state index is 0.187.